The van der Waals surface area contributed by atoms with E-state index in [0.29, 0.717) is 17.8 Å². The third-order valence-electron chi connectivity index (χ3n) is 7.06. The van der Waals surface area contributed by atoms with Gasteiger partial charge in [-0.05, 0) is 56.4 Å². The molecule has 0 aliphatic carbocycles. The van der Waals surface area contributed by atoms with Crippen molar-refractivity contribution in [2.75, 3.05) is 39.9 Å². The first-order valence-corrected chi connectivity index (χ1v) is 12.1. The summed E-state index contributed by atoms with van der Waals surface area (Å²) in [6.07, 6.45) is 4.57. The van der Waals surface area contributed by atoms with E-state index < -0.39 is 0 Å². The van der Waals surface area contributed by atoms with Crippen LogP contribution in [0.5, 0.6) is 0 Å². The van der Waals surface area contributed by atoms with Crippen molar-refractivity contribution in [3.8, 4) is 5.95 Å². The average Bonchev–Trinajstić information content (AvgIpc) is 3.58. The lowest BCUT2D eigenvalue weighted by molar-refractivity contribution is -0.136. The van der Waals surface area contributed by atoms with Crippen molar-refractivity contribution in [2.24, 2.45) is 0 Å². The Kier molecular flexibility index (Phi) is 6.60. The van der Waals surface area contributed by atoms with Gasteiger partial charge in [0.05, 0.1) is 5.69 Å². The molecule has 0 saturated carbocycles. The monoisotopic (exact) mass is 470 g/mol. The molecule has 2 saturated heterocycles. The number of hydrogen-bond acceptors (Lipinski definition) is 7. The molecule has 9 nitrogen and oxygen atoms in total. The fourth-order valence-corrected chi connectivity index (χ4v) is 5.29. The Morgan fingerprint density at radius 2 is 2.06 bits per heavy atom. The lowest BCUT2D eigenvalue weighted by atomic mass is 9.96. The maximum atomic E-state index is 14.6. The fourth-order valence-electron chi connectivity index (χ4n) is 5.29. The van der Waals surface area contributed by atoms with Crippen LogP contribution in [0, 0.1) is 5.82 Å². The molecule has 0 bridgehead atoms. The Balaban J connectivity index is 1.24. The van der Waals surface area contributed by atoms with E-state index in [-0.39, 0.29) is 36.2 Å². The van der Waals surface area contributed by atoms with Crippen LogP contribution >= 0.6 is 0 Å². The molecule has 0 N–H and O–H groups in total. The third-order valence-corrected chi connectivity index (χ3v) is 7.06. The van der Waals surface area contributed by atoms with Crippen LogP contribution in [0.15, 0.2) is 22.7 Å². The molecule has 182 valence electrons. The highest BCUT2D eigenvalue weighted by Gasteiger charge is 2.32. The number of ether oxygens (including phenoxy) is 1. The topological polar surface area (TPSA) is 89.5 Å². The van der Waals surface area contributed by atoms with E-state index in [0.717, 1.165) is 62.9 Å². The number of piperidine rings is 1. The SMILES string of the molecule is CCc1nn(-c2noc(C3CCN(C[C@H]4CCCN4C(=O)COC)CC3)n2)c2c(F)cccc12. The second-order valence-corrected chi connectivity index (χ2v) is 9.17. The standard InChI is InChI=1S/C24H31FN6O3/c1-3-20-18-7-4-8-19(25)22(18)31(27-20)24-26-23(34-28-24)16-9-12-29(13-10-16)14-17-6-5-11-30(17)21(32)15-33-2/h4,7-8,16-17H,3,5-6,9-15H2,1-2H3/t17-/m1/s1. The molecule has 0 radical (unpaired) electrons. The van der Waals surface area contributed by atoms with Crippen LogP contribution in [0.25, 0.3) is 16.9 Å². The zero-order valence-electron chi connectivity index (χ0n) is 19.7. The summed E-state index contributed by atoms with van der Waals surface area (Å²) in [5, 5.41) is 9.44. The Hall–Kier alpha value is -2.85. The maximum Gasteiger partial charge on any atom is 0.291 e. The number of carbonyl (C=O) groups is 1. The molecule has 0 spiro atoms. The van der Waals surface area contributed by atoms with Gasteiger partial charge < -0.3 is 19.1 Å². The molecule has 0 unspecified atom stereocenters. The number of rotatable bonds is 7. The highest BCUT2D eigenvalue weighted by atomic mass is 19.1. The maximum absolute atomic E-state index is 14.6. The number of likely N-dealkylation sites (tertiary alicyclic amines) is 2. The zero-order valence-corrected chi connectivity index (χ0v) is 19.7. The first-order valence-electron chi connectivity index (χ1n) is 12.1. The summed E-state index contributed by atoms with van der Waals surface area (Å²) in [6.45, 7) is 5.65. The number of halogens is 1. The average molecular weight is 471 g/mol. The molecule has 4 heterocycles. The first kappa shape index (κ1) is 22.9. The number of amides is 1. The number of carbonyl (C=O) groups excluding carboxylic acids is 1. The van der Waals surface area contributed by atoms with Gasteiger partial charge in [0.2, 0.25) is 11.8 Å². The minimum absolute atomic E-state index is 0.0760. The van der Waals surface area contributed by atoms with Crippen molar-refractivity contribution in [3.05, 3.63) is 35.6 Å². The molecule has 2 fully saturated rings. The molecule has 1 amide bonds. The van der Waals surface area contributed by atoms with E-state index in [2.05, 4.69) is 20.1 Å². The number of fused-ring (bicyclic) bond motifs is 1. The quantitative estimate of drug-likeness (QED) is 0.524. The minimum atomic E-state index is -0.353. The molecular weight excluding hydrogens is 439 g/mol. The van der Waals surface area contributed by atoms with Crippen LogP contribution < -0.4 is 0 Å². The number of hydrogen-bond donors (Lipinski definition) is 0. The van der Waals surface area contributed by atoms with Gasteiger partial charge in [0.25, 0.3) is 5.95 Å². The van der Waals surface area contributed by atoms with Gasteiger partial charge in [0, 0.05) is 37.5 Å². The van der Waals surface area contributed by atoms with Gasteiger partial charge in [-0.15, -0.1) is 0 Å². The van der Waals surface area contributed by atoms with Crippen molar-refractivity contribution < 1.29 is 18.4 Å². The Bertz CT molecular complexity index is 1150. The second kappa shape index (κ2) is 9.79. The zero-order chi connectivity index (χ0) is 23.7. The Morgan fingerprint density at radius 3 is 2.82 bits per heavy atom. The van der Waals surface area contributed by atoms with Crippen molar-refractivity contribution in [3.63, 3.8) is 0 Å². The Morgan fingerprint density at radius 1 is 1.24 bits per heavy atom. The van der Waals surface area contributed by atoms with Crippen LogP contribution in [-0.4, -0.2) is 81.6 Å². The fraction of sp³-hybridized carbons (Fsp3) is 0.583. The smallest absolute Gasteiger partial charge is 0.291 e. The normalized spacial score (nSPS) is 20.0. The molecule has 2 aliphatic rings. The summed E-state index contributed by atoms with van der Waals surface area (Å²) in [5.41, 5.74) is 1.18. The molecule has 5 rings (SSSR count). The number of methoxy groups -OCH3 is 1. The van der Waals surface area contributed by atoms with Gasteiger partial charge >= 0.3 is 0 Å². The van der Waals surface area contributed by atoms with Crippen LogP contribution in [0.1, 0.15) is 50.1 Å². The van der Waals surface area contributed by atoms with E-state index in [4.69, 9.17) is 9.26 Å². The van der Waals surface area contributed by atoms with Crippen LogP contribution in [0.4, 0.5) is 4.39 Å². The van der Waals surface area contributed by atoms with Crippen molar-refractivity contribution >= 4 is 16.8 Å². The number of nitrogens with zero attached hydrogens (tertiary/aromatic N) is 6. The van der Waals surface area contributed by atoms with Gasteiger partial charge in [0.1, 0.15) is 17.9 Å². The van der Waals surface area contributed by atoms with Crippen LogP contribution in [-0.2, 0) is 16.0 Å². The van der Waals surface area contributed by atoms with Gasteiger partial charge in [-0.2, -0.15) is 14.8 Å². The highest BCUT2D eigenvalue weighted by Crippen LogP contribution is 2.30. The van der Waals surface area contributed by atoms with Gasteiger partial charge in [-0.25, -0.2) is 4.39 Å². The van der Waals surface area contributed by atoms with Crippen molar-refractivity contribution in [1.82, 2.24) is 29.7 Å². The predicted octanol–water partition coefficient (Wildman–Crippen LogP) is 2.93. The molecular formula is C24H31FN6O3. The number of para-hydroxylation sites is 1. The van der Waals surface area contributed by atoms with E-state index in [1.165, 1.54) is 10.7 Å². The van der Waals surface area contributed by atoms with E-state index >= 15 is 0 Å². The lowest BCUT2D eigenvalue weighted by Gasteiger charge is -2.34. The second-order valence-electron chi connectivity index (χ2n) is 9.17. The molecule has 34 heavy (non-hydrogen) atoms. The summed E-state index contributed by atoms with van der Waals surface area (Å²) in [5.74, 6) is 0.724. The molecule has 1 aromatic carbocycles. The van der Waals surface area contributed by atoms with Crippen LogP contribution in [0.3, 0.4) is 0 Å². The third kappa shape index (κ3) is 4.32. The highest BCUT2D eigenvalue weighted by molar-refractivity contribution is 5.83. The number of aromatic nitrogens is 4. The molecule has 10 heteroatoms. The largest absolute Gasteiger partial charge is 0.375 e. The molecule has 2 aromatic heterocycles. The summed E-state index contributed by atoms with van der Waals surface area (Å²) in [7, 11) is 1.56. The molecule has 3 aromatic rings. The number of benzene rings is 1. The van der Waals surface area contributed by atoms with Crippen molar-refractivity contribution in [1.29, 1.82) is 0 Å². The minimum Gasteiger partial charge on any atom is -0.375 e. The van der Waals surface area contributed by atoms with Gasteiger partial charge in [-0.1, -0.05) is 19.1 Å². The lowest BCUT2D eigenvalue weighted by Crippen LogP contribution is -2.46. The predicted molar refractivity (Wildman–Crippen MR) is 123 cm³/mol. The molecule has 1 atom stereocenters. The summed E-state index contributed by atoms with van der Waals surface area (Å²) < 4.78 is 26.7. The van der Waals surface area contributed by atoms with E-state index in [9.17, 15) is 9.18 Å². The summed E-state index contributed by atoms with van der Waals surface area (Å²) >= 11 is 0. The summed E-state index contributed by atoms with van der Waals surface area (Å²) in [6, 6.07) is 5.23. The van der Waals surface area contributed by atoms with E-state index in [1.807, 2.05) is 17.9 Å². The first-order chi connectivity index (χ1) is 16.6. The Labute approximate surface area is 197 Å². The molecule has 2 aliphatic heterocycles. The number of aryl methyl sites for hydroxylation is 1. The van der Waals surface area contributed by atoms with Crippen molar-refractivity contribution in [2.45, 2.75) is 51.0 Å². The van der Waals surface area contributed by atoms with E-state index in [1.54, 1.807) is 13.2 Å². The van der Waals surface area contributed by atoms with Gasteiger partial charge in [-0.3, -0.25) is 4.79 Å². The summed E-state index contributed by atoms with van der Waals surface area (Å²) in [4.78, 5) is 21.3. The van der Waals surface area contributed by atoms with Gasteiger partial charge in [0.15, 0.2) is 0 Å². The van der Waals surface area contributed by atoms with Crippen LogP contribution in [0.2, 0.25) is 0 Å².